The third-order valence-electron chi connectivity index (χ3n) is 4.00. The molecule has 0 bridgehead atoms. The minimum Gasteiger partial charge on any atom is -0.469 e. The van der Waals surface area contributed by atoms with E-state index in [2.05, 4.69) is 5.32 Å². The average molecular weight is 279 g/mol. The number of carbonyl (C=O) groups excluding carboxylic acids is 1. The fourth-order valence-electron chi connectivity index (χ4n) is 2.84. The predicted octanol–water partition coefficient (Wildman–Crippen LogP) is 3.04. The first-order valence-electron chi connectivity index (χ1n) is 7.26. The minimum atomic E-state index is -0.226. The van der Waals surface area contributed by atoms with Crippen molar-refractivity contribution in [1.29, 1.82) is 0 Å². The largest absolute Gasteiger partial charge is 0.469 e. The number of nitrogens with one attached hydrogen (secondary N) is 1. The van der Waals surface area contributed by atoms with Crippen LogP contribution in [-0.4, -0.2) is 19.1 Å². The van der Waals surface area contributed by atoms with Crippen LogP contribution in [0.25, 0.3) is 0 Å². The van der Waals surface area contributed by atoms with Crippen molar-refractivity contribution < 1.29 is 13.9 Å². The number of benzene rings is 1. The van der Waals surface area contributed by atoms with E-state index in [9.17, 15) is 9.18 Å². The predicted molar refractivity (Wildman–Crippen MR) is 75.6 cm³/mol. The van der Waals surface area contributed by atoms with E-state index in [0.29, 0.717) is 6.54 Å². The molecule has 1 N–H and O–H groups in total. The Bertz CT molecular complexity index is 433. The highest BCUT2D eigenvalue weighted by molar-refractivity contribution is 5.73. The van der Waals surface area contributed by atoms with Gasteiger partial charge in [0.15, 0.2) is 0 Å². The van der Waals surface area contributed by atoms with E-state index in [0.717, 1.165) is 31.2 Å². The standard InChI is InChI=1S/C16H22FNO2/c1-20-16(19)14-5-3-2-4-6-15(14)18-11-12-7-9-13(17)10-8-12/h7-10,14-15,18H,2-6,11H2,1H3/t14-,15+/m0/s1. The number of hydrogen-bond acceptors (Lipinski definition) is 3. The Morgan fingerprint density at radius 3 is 2.65 bits per heavy atom. The Labute approximate surface area is 119 Å². The van der Waals surface area contributed by atoms with Crippen LogP contribution in [0.5, 0.6) is 0 Å². The summed E-state index contributed by atoms with van der Waals surface area (Å²) in [5.74, 6) is -0.415. The van der Waals surface area contributed by atoms with Crippen molar-refractivity contribution in [3.05, 3.63) is 35.6 Å². The summed E-state index contributed by atoms with van der Waals surface area (Å²) >= 11 is 0. The second kappa shape index (κ2) is 7.39. The van der Waals surface area contributed by atoms with Crippen LogP contribution in [0.15, 0.2) is 24.3 Å². The van der Waals surface area contributed by atoms with Gasteiger partial charge in [0.05, 0.1) is 13.0 Å². The third-order valence-corrected chi connectivity index (χ3v) is 4.00. The summed E-state index contributed by atoms with van der Waals surface area (Å²) in [7, 11) is 1.45. The first-order chi connectivity index (χ1) is 9.70. The summed E-state index contributed by atoms with van der Waals surface area (Å²) in [4.78, 5) is 11.9. The van der Waals surface area contributed by atoms with E-state index in [-0.39, 0.29) is 23.7 Å². The van der Waals surface area contributed by atoms with E-state index in [1.54, 1.807) is 12.1 Å². The van der Waals surface area contributed by atoms with Gasteiger partial charge in [-0.2, -0.15) is 0 Å². The van der Waals surface area contributed by atoms with Gasteiger partial charge in [0, 0.05) is 12.6 Å². The van der Waals surface area contributed by atoms with Gasteiger partial charge in [-0.05, 0) is 30.5 Å². The molecule has 1 fully saturated rings. The maximum Gasteiger partial charge on any atom is 0.310 e. The second-order valence-electron chi connectivity index (χ2n) is 5.38. The molecule has 4 heteroatoms. The quantitative estimate of drug-likeness (QED) is 0.680. The van der Waals surface area contributed by atoms with Gasteiger partial charge < -0.3 is 10.1 Å². The average Bonchev–Trinajstić information content (AvgIpc) is 2.71. The van der Waals surface area contributed by atoms with Crippen LogP contribution in [0.3, 0.4) is 0 Å². The molecule has 0 unspecified atom stereocenters. The van der Waals surface area contributed by atoms with Crippen molar-refractivity contribution in [2.75, 3.05) is 7.11 Å². The highest BCUT2D eigenvalue weighted by Gasteiger charge is 2.29. The van der Waals surface area contributed by atoms with Crippen LogP contribution in [-0.2, 0) is 16.1 Å². The molecule has 1 aromatic rings. The van der Waals surface area contributed by atoms with Crippen molar-refractivity contribution in [2.24, 2.45) is 5.92 Å². The summed E-state index contributed by atoms with van der Waals surface area (Å²) in [6.07, 6.45) is 5.25. The maximum atomic E-state index is 12.9. The lowest BCUT2D eigenvalue weighted by Crippen LogP contribution is -2.39. The number of hydrogen-bond donors (Lipinski definition) is 1. The zero-order valence-corrected chi connectivity index (χ0v) is 11.9. The summed E-state index contributed by atoms with van der Waals surface area (Å²) < 4.78 is 17.8. The SMILES string of the molecule is COC(=O)[C@H]1CCCCC[C@H]1NCc1ccc(F)cc1. The molecule has 0 aliphatic heterocycles. The summed E-state index contributed by atoms with van der Waals surface area (Å²) in [5.41, 5.74) is 1.03. The summed E-state index contributed by atoms with van der Waals surface area (Å²) in [6.45, 7) is 0.651. The van der Waals surface area contributed by atoms with Crippen LogP contribution in [0.2, 0.25) is 0 Å². The zero-order valence-electron chi connectivity index (χ0n) is 11.9. The first-order valence-corrected chi connectivity index (χ1v) is 7.26. The molecule has 20 heavy (non-hydrogen) atoms. The molecule has 0 spiro atoms. The zero-order chi connectivity index (χ0) is 14.4. The fourth-order valence-corrected chi connectivity index (χ4v) is 2.84. The normalized spacial score (nSPS) is 23.1. The summed E-state index contributed by atoms with van der Waals surface area (Å²) in [6, 6.07) is 6.61. The van der Waals surface area contributed by atoms with Crippen LogP contribution in [0.1, 0.15) is 37.7 Å². The van der Waals surface area contributed by atoms with Gasteiger partial charge in [-0.25, -0.2) is 4.39 Å². The van der Waals surface area contributed by atoms with Gasteiger partial charge in [-0.3, -0.25) is 4.79 Å². The van der Waals surface area contributed by atoms with Crippen molar-refractivity contribution in [3.63, 3.8) is 0 Å². The molecule has 0 aromatic heterocycles. The third kappa shape index (κ3) is 4.04. The molecule has 0 radical (unpaired) electrons. The lowest BCUT2D eigenvalue weighted by molar-refractivity contribution is -0.146. The molecule has 0 amide bonds. The molecule has 1 aromatic carbocycles. The Balaban J connectivity index is 1.96. The van der Waals surface area contributed by atoms with Gasteiger partial charge in [0.1, 0.15) is 5.82 Å². The fraction of sp³-hybridized carbons (Fsp3) is 0.562. The molecule has 1 aliphatic rings. The van der Waals surface area contributed by atoms with Crippen molar-refractivity contribution in [1.82, 2.24) is 5.32 Å². The molecule has 3 nitrogen and oxygen atoms in total. The number of rotatable bonds is 4. The molecular formula is C16H22FNO2. The number of esters is 1. The maximum absolute atomic E-state index is 12.9. The molecule has 1 saturated carbocycles. The van der Waals surface area contributed by atoms with Crippen LogP contribution in [0.4, 0.5) is 4.39 Å². The van der Waals surface area contributed by atoms with Gasteiger partial charge in [-0.1, -0.05) is 31.4 Å². The van der Waals surface area contributed by atoms with E-state index in [1.807, 2.05) is 0 Å². The Morgan fingerprint density at radius 2 is 1.95 bits per heavy atom. The first kappa shape index (κ1) is 15.0. The number of methoxy groups -OCH3 is 1. The lowest BCUT2D eigenvalue weighted by atomic mass is 9.94. The number of carbonyl (C=O) groups is 1. The molecule has 2 rings (SSSR count). The second-order valence-corrected chi connectivity index (χ2v) is 5.38. The number of ether oxygens (including phenoxy) is 1. The molecular weight excluding hydrogens is 257 g/mol. The molecule has 0 saturated heterocycles. The van der Waals surface area contributed by atoms with Gasteiger partial charge >= 0.3 is 5.97 Å². The van der Waals surface area contributed by atoms with Gasteiger partial charge in [-0.15, -0.1) is 0 Å². The summed E-state index contributed by atoms with van der Waals surface area (Å²) in [5, 5.41) is 3.44. The highest BCUT2D eigenvalue weighted by Crippen LogP contribution is 2.25. The van der Waals surface area contributed by atoms with E-state index >= 15 is 0 Å². The molecule has 2 atom stereocenters. The Kier molecular flexibility index (Phi) is 5.53. The topological polar surface area (TPSA) is 38.3 Å². The van der Waals surface area contributed by atoms with Crippen molar-refractivity contribution >= 4 is 5.97 Å². The monoisotopic (exact) mass is 279 g/mol. The van der Waals surface area contributed by atoms with Gasteiger partial charge in [0.2, 0.25) is 0 Å². The number of halogens is 1. The Morgan fingerprint density at radius 1 is 1.25 bits per heavy atom. The van der Waals surface area contributed by atoms with Crippen LogP contribution < -0.4 is 5.32 Å². The van der Waals surface area contributed by atoms with Crippen molar-refractivity contribution in [3.8, 4) is 0 Å². The minimum absolute atomic E-state index is 0.0667. The van der Waals surface area contributed by atoms with E-state index in [4.69, 9.17) is 4.74 Å². The smallest absolute Gasteiger partial charge is 0.310 e. The van der Waals surface area contributed by atoms with Crippen LogP contribution in [0, 0.1) is 11.7 Å². The van der Waals surface area contributed by atoms with Crippen molar-refractivity contribution in [2.45, 2.75) is 44.7 Å². The van der Waals surface area contributed by atoms with Gasteiger partial charge in [0.25, 0.3) is 0 Å². The molecule has 1 aliphatic carbocycles. The lowest BCUT2D eigenvalue weighted by Gasteiger charge is -2.24. The molecule has 110 valence electrons. The van der Waals surface area contributed by atoms with E-state index in [1.165, 1.54) is 25.7 Å². The highest BCUT2D eigenvalue weighted by atomic mass is 19.1. The van der Waals surface area contributed by atoms with Crippen LogP contribution >= 0.6 is 0 Å². The molecule has 0 heterocycles. The Hall–Kier alpha value is -1.42. The van der Waals surface area contributed by atoms with E-state index < -0.39 is 0 Å².